The van der Waals surface area contributed by atoms with Gasteiger partial charge in [0, 0.05) is 6.07 Å². The van der Waals surface area contributed by atoms with Gasteiger partial charge in [0.05, 0.1) is 15.1 Å². The summed E-state index contributed by atoms with van der Waals surface area (Å²) in [5.74, 6) is -1.12. The van der Waals surface area contributed by atoms with Crippen molar-refractivity contribution < 1.29 is 9.31 Å². The summed E-state index contributed by atoms with van der Waals surface area (Å²) in [5, 5.41) is 39.5. The summed E-state index contributed by atoms with van der Waals surface area (Å²) >= 11 is 2.86. The second kappa shape index (κ2) is 6.47. The van der Waals surface area contributed by atoms with Gasteiger partial charge in [0.2, 0.25) is 5.82 Å². The number of hydrogen-bond donors (Lipinski definition) is 1. The highest BCUT2D eigenvalue weighted by Crippen LogP contribution is 2.35. The first-order valence-electron chi connectivity index (χ1n) is 5.21. The highest BCUT2D eigenvalue weighted by molar-refractivity contribution is 9.10. The zero-order valence-corrected chi connectivity index (χ0v) is 12.0. The summed E-state index contributed by atoms with van der Waals surface area (Å²) in [6.45, 7) is 1.45. The van der Waals surface area contributed by atoms with E-state index in [1.807, 2.05) is 0 Å². The molecule has 0 radical (unpaired) electrons. The number of nitro benzene ring substituents is 1. The minimum absolute atomic E-state index is 0.0256. The van der Waals surface area contributed by atoms with Crippen LogP contribution in [0, 0.1) is 56.8 Å². The Labute approximate surface area is 126 Å². The minimum atomic E-state index is -1.12. The van der Waals surface area contributed by atoms with E-state index >= 15 is 0 Å². The average molecular weight is 350 g/mol. The van der Waals surface area contributed by atoms with Crippen molar-refractivity contribution in [3.8, 4) is 18.2 Å². The molecular formula is C12H5BrFN5O2. The van der Waals surface area contributed by atoms with E-state index in [1.54, 1.807) is 6.07 Å². The smallest absolute Gasteiger partial charge is 0.306 e. The fraction of sp³-hybridized carbons (Fsp3) is 0.0833. The van der Waals surface area contributed by atoms with E-state index in [0.717, 1.165) is 6.07 Å². The molecule has 0 saturated carbocycles. The van der Waals surface area contributed by atoms with Gasteiger partial charge in [-0.25, -0.2) is 0 Å². The van der Waals surface area contributed by atoms with E-state index in [4.69, 9.17) is 15.8 Å². The van der Waals surface area contributed by atoms with Crippen LogP contribution in [0.4, 0.5) is 15.8 Å². The van der Waals surface area contributed by atoms with Crippen LogP contribution in [0.25, 0.3) is 0 Å². The third kappa shape index (κ3) is 3.14. The number of benzene rings is 1. The predicted octanol–water partition coefficient (Wildman–Crippen LogP) is 3.04. The maximum absolute atomic E-state index is 13.9. The number of aryl methyl sites for hydroxylation is 1. The third-order valence-electron chi connectivity index (χ3n) is 2.42. The number of nitro groups is 1. The van der Waals surface area contributed by atoms with Crippen LogP contribution in [0.3, 0.4) is 0 Å². The zero-order chi connectivity index (χ0) is 16.2. The first-order chi connectivity index (χ1) is 9.87. The van der Waals surface area contributed by atoms with Gasteiger partial charge in [0.25, 0.3) is 0 Å². The van der Waals surface area contributed by atoms with E-state index in [0.29, 0.717) is 0 Å². The Balaban J connectivity index is 3.49. The number of allylic oxidation sites excluding steroid dienone is 2. The lowest BCUT2D eigenvalue weighted by Gasteiger charge is -2.11. The summed E-state index contributed by atoms with van der Waals surface area (Å²) < 4.78 is 13.6. The van der Waals surface area contributed by atoms with Crippen molar-refractivity contribution >= 4 is 27.3 Å². The lowest BCUT2D eigenvalue weighted by Crippen LogP contribution is -2.05. The SMILES string of the molecule is Cc1cc([N+](=O)[O-])c(F)c(Br)c1NC(C#N)=C(C#N)C#N. The van der Waals surface area contributed by atoms with Gasteiger partial charge in [-0.1, -0.05) is 0 Å². The summed E-state index contributed by atoms with van der Waals surface area (Å²) in [7, 11) is 0. The van der Waals surface area contributed by atoms with Gasteiger partial charge in [-0.2, -0.15) is 20.2 Å². The van der Waals surface area contributed by atoms with Crippen molar-refractivity contribution in [1.82, 2.24) is 0 Å². The van der Waals surface area contributed by atoms with Crippen molar-refractivity contribution in [2.24, 2.45) is 0 Å². The molecule has 7 nitrogen and oxygen atoms in total. The largest absolute Gasteiger partial charge is 0.344 e. The third-order valence-corrected chi connectivity index (χ3v) is 3.16. The molecule has 0 saturated heterocycles. The van der Waals surface area contributed by atoms with Crippen LogP contribution >= 0.6 is 15.9 Å². The van der Waals surface area contributed by atoms with Crippen molar-refractivity contribution in [2.45, 2.75) is 6.92 Å². The van der Waals surface area contributed by atoms with Crippen molar-refractivity contribution in [2.75, 3.05) is 5.32 Å². The molecule has 104 valence electrons. The van der Waals surface area contributed by atoms with Gasteiger partial charge in [0.1, 0.15) is 23.9 Å². The van der Waals surface area contributed by atoms with Crippen molar-refractivity contribution in [3.05, 3.63) is 43.3 Å². The van der Waals surface area contributed by atoms with Gasteiger partial charge in [0.15, 0.2) is 5.57 Å². The van der Waals surface area contributed by atoms with E-state index in [2.05, 4.69) is 21.2 Å². The molecule has 1 aromatic rings. The Hall–Kier alpha value is -2.96. The summed E-state index contributed by atoms with van der Waals surface area (Å²) in [6.07, 6.45) is 0. The molecule has 0 fully saturated rings. The monoisotopic (exact) mass is 349 g/mol. The molecule has 21 heavy (non-hydrogen) atoms. The Bertz CT molecular complexity index is 767. The zero-order valence-electron chi connectivity index (χ0n) is 10.4. The van der Waals surface area contributed by atoms with E-state index in [1.165, 1.54) is 19.1 Å². The topological polar surface area (TPSA) is 127 Å². The first kappa shape index (κ1) is 16.1. The molecule has 0 amide bonds. The van der Waals surface area contributed by atoms with Crippen LogP contribution in [0.15, 0.2) is 21.8 Å². The standard InChI is InChI=1S/C12H5BrFN5O2/c1-6-2-9(19(20)21)11(14)10(13)12(6)18-8(5-17)7(3-15)4-16/h2,18H,1H3. The maximum Gasteiger partial charge on any atom is 0.306 e. The number of nitriles is 3. The van der Waals surface area contributed by atoms with Crippen LogP contribution in [0.5, 0.6) is 0 Å². The average Bonchev–Trinajstić information content (AvgIpc) is 2.46. The Kier molecular flexibility index (Phi) is 4.96. The fourth-order valence-electron chi connectivity index (χ4n) is 1.43. The number of anilines is 1. The molecule has 1 N–H and O–H groups in total. The van der Waals surface area contributed by atoms with Gasteiger partial charge in [-0.3, -0.25) is 10.1 Å². The van der Waals surface area contributed by atoms with E-state index in [-0.39, 0.29) is 21.4 Å². The molecule has 0 unspecified atom stereocenters. The molecule has 0 spiro atoms. The Morgan fingerprint density at radius 2 is 1.95 bits per heavy atom. The first-order valence-corrected chi connectivity index (χ1v) is 6.01. The molecule has 0 aliphatic rings. The molecule has 0 aliphatic carbocycles. The number of hydrogen-bond acceptors (Lipinski definition) is 6. The van der Waals surface area contributed by atoms with Crippen LogP contribution in [0.2, 0.25) is 0 Å². The number of rotatable bonds is 3. The minimum Gasteiger partial charge on any atom is -0.344 e. The number of halogens is 2. The Morgan fingerprint density at radius 3 is 2.38 bits per heavy atom. The van der Waals surface area contributed by atoms with Crippen molar-refractivity contribution in [1.29, 1.82) is 15.8 Å². The normalized spacial score (nSPS) is 8.95. The lowest BCUT2D eigenvalue weighted by atomic mass is 10.1. The Morgan fingerprint density at radius 1 is 1.38 bits per heavy atom. The highest BCUT2D eigenvalue weighted by Gasteiger charge is 2.23. The lowest BCUT2D eigenvalue weighted by molar-refractivity contribution is -0.387. The molecule has 0 aromatic heterocycles. The fourth-order valence-corrected chi connectivity index (χ4v) is 2.05. The van der Waals surface area contributed by atoms with E-state index in [9.17, 15) is 14.5 Å². The second-order valence-corrected chi connectivity index (χ2v) is 4.48. The summed E-state index contributed by atoms with van der Waals surface area (Å²) in [4.78, 5) is 9.81. The van der Waals surface area contributed by atoms with Gasteiger partial charge < -0.3 is 5.32 Å². The summed E-state index contributed by atoms with van der Waals surface area (Å²) in [5.41, 5.74) is -1.30. The van der Waals surface area contributed by atoms with Crippen LogP contribution in [0.1, 0.15) is 5.56 Å². The van der Waals surface area contributed by atoms with Gasteiger partial charge in [-0.05, 0) is 28.4 Å². The molecule has 0 bridgehead atoms. The highest BCUT2D eigenvalue weighted by atomic mass is 79.9. The molecule has 0 atom stereocenters. The quantitative estimate of drug-likeness (QED) is 0.507. The van der Waals surface area contributed by atoms with Gasteiger partial charge >= 0.3 is 5.69 Å². The summed E-state index contributed by atoms with van der Waals surface area (Å²) in [6, 6.07) is 5.64. The molecule has 1 rings (SSSR count). The number of nitrogens with zero attached hydrogens (tertiary/aromatic N) is 4. The molecule has 0 heterocycles. The maximum atomic E-state index is 13.9. The van der Waals surface area contributed by atoms with Crippen LogP contribution in [-0.2, 0) is 0 Å². The molecule has 1 aromatic carbocycles. The van der Waals surface area contributed by atoms with Crippen LogP contribution in [-0.4, -0.2) is 4.92 Å². The van der Waals surface area contributed by atoms with E-state index < -0.39 is 22.0 Å². The number of nitrogens with one attached hydrogen (secondary N) is 1. The molecular weight excluding hydrogens is 345 g/mol. The second-order valence-electron chi connectivity index (χ2n) is 3.68. The molecule has 9 heteroatoms. The predicted molar refractivity (Wildman–Crippen MR) is 73.0 cm³/mol. The van der Waals surface area contributed by atoms with Crippen molar-refractivity contribution in [3.63, 3.8) is 0 Å². The van der Waals surface area contributed by atoms with Crippen LogP contribution < -0.4 is 5.32 Å². The van der Waals surface area contributed by atoms with Gasteiger partial charge in [-0.15, -0.1) is 0 Å². The molecule has 0 aliphatic heterocycles.